The van der Waals surface area contributed by atoms with E-state index in [1.165, 1.54) is 0 Å². The molecule has 3 aromatic carbocycles. The molecule has 1 aliphatic rings. The van der Waals surface area contributed by atoms with Crippen molar-refractivity contribution in [2.75, 3.05) is 0 Å². The molecule has 0 fully saturated rings. The Labute approximate surface area is 233 Å². The number of amides is 3. The molecule has 5 N–H and O–H groups in total. The molecule has 208 valence electrons. The lowest BCUT2D eigenvalue weighted by Crippen LogP contribution is -2.60. The summed E-state index contributed by atoms with van der Waals surface area (Å²) in [5, 5.41) is 13.9. The number of carbonyl (C=O) groups is 3. The fourth-order valence-corrected chi connectivity index (χ4v) is 4.97. The summed E-state index contributed by atoms with van der Waals surface area (Å²) in [6, 6.07) is 23.6. The lowest BCUT2D eigenvalue weighted by molar-refractivity contribution is -0.127. The van der Waals surface area contributed by atoms with Gasteiger partial charge in [0.15, 0.2) is 5.60 Å². The van der Waals surface area contributed by atoms with Crippen LogP contribution in [0.3, 0.4) is 0 Å². The van der Waals surface area contributed by atoms with Crippen LogP contribution in [0.15, 0.2) is 78.9 Å². The van der Waals surface area contributed by atoms with Crippen LogP contribution >= 0.6 is 0 Å². The minimum Gasteiger partial charge on any atom is -0.444 e. The van der Waals surface area contributed by atoms with E-state index in [2.05, 4.69) is 10.6 Å². The van der Waals surface area contributed by atoms with Crippen LogP contribution in [0.5, 0.6) is 0 Å². The Morgan fingerprint density at radius 3 is 1.95 bits per heavy atom. The molecule has 1 aliphatic carbocycles. The Morgan fingerprint density at radius 1 is 0.875 bits per heavy atom. The highest BCUT2D eigenvalue weighted by atomic mass is 16.6. The van der Waals surface area contributed by atoms with Crippen molar-refractivity contribution in [2.24, 2.45) is 5.73 Å². The van der Waals surface area contributed by atoms with Gasteiger partial charge >= 0.3 is 12.2 Å². The van der Waals surface area contributed by atoms with Crippen LogP contribution in [0.25, 0.3) is 0 Å². The summed E-state index contributed by atoms with van der Waals surface area (Å²) in [6.07, 6.45) is 0.0585. The second-order valence-electron chi connectivity index (χ2n) is 10.9. The van der Waals surface area contributed by atoms with Gasteiger partial charge in [0.25, 0.3) is 0 Å². The third-order valence-corrected chi connectivity index (χ3v) is 6.78. The van der Waals surface area contributed by atoms with E-state index in [0.717, 1.165) is 22.9 Å². The number of primary amides is 1. The molecule has 0 aliphatic heterocycles. The van der Waals surface area contributed by atoms with Crippen LogP contribution in [0.1, 0.15) is 48.6 Å². The molecule has 9 nitrogen and oxygen atoms in total. The van der Waals surface area contributed by atoms with E-state index in [9.17, 15) is 14.4 Å². The standard InChI is InChI=1S/C31H34N4O5/c1-29(2,3)40-28(38)35-30(17-22-9-7-8-10-23(22)18-30)26(36)34-19-21-13-15-25(16-14-21)31(20-32,39-27(33)37)24-11-5-4-6-12-24/h4-16,20,32H,17-19H2,1-3H3,(H2,33,37)(H,34,36)(H,35,38). The molecule has 9 heteroatoms. The number of hydrogen-bond donors (Lipinski definition) is 4. The number of nitrogens with one attached hydrogen (secondary N) is 3. The maximum atomic E-state index is 13.6. The van der Waals surface area contributed by atoms with Crippen molar-refractivity contribution in [2.45, 2.75) is 56.9 Å². The third kappa shape index (κ3) is 6.14. The Bertz CT molecular complexity index is 1370. The molecule has 0 saturated carbocycles. The van der Waals surface area contributed by atoms with Gasteiger partial charge in [0, 0.05) is 36.7 Å². The smallest absolute Gasteiger partial charge is 0.408 e. The lowest BCUT2D eigenvalue weighted by Gasteiger charge is -2.31. The number of fused-ring (bicyclic) bond motifs is 1. The van der Waals surface area contributed by atoms with Crippen LogP contribution in [-0.2, 0) is 39.3 Å². The van der Waals surface area contributed by atoms with E-state index in [4.69, 9.17) is 20.6 Å². The van der Waals surface area contributed by atoms with Crippen molar-refractivity contribution in [3.8, 4) is 0 Å². The van der Waals surface area contributed by atoms with Crippen LogP contribution < -0.4 is 16.4 Å². The van der Waals surface area contributed by atoms with E-state index < -0.39 is 28.9 Å². The quantitative estimate of drug-likeness (QED) is 0.313. The number of rotatable bonds is 8. The summed E-state index contributed by atoms with van der Waals surface area (Å²) in [4.78, 5) is 38.1. The van der Waals surface area contributed by atoms with Crippen molar-refractivity contribution in [3.63, 3.8) is 0 Å². The van der Waals surface area contributed by atoms with E-state index >= 15 is 0 Å². The average Bonchev–Trinajstić information content (AvgIpc) is 3.29. The van der Waals surface area contributed by atoms with Gasteiger partial charge in [0.1, 0.15) is 11.1 Å². The second kappa shape index (κ2) is 11.2. The van der Waals surface area contributed by atoms with E-state index in [0.29, 0.717) is 24.0 Å². The predicted octanol–water partition coefficient (Wildman–Crippen LogP) is 4.35. The first-order chi connectivity index (χ1) is 19.0. The van der Waals surface area contributed by atoms with E-state index in [1.807, 2.05) is 30.3 Å². The van der Waals surface area contributed by atoms with E-state index in [-0.39, 0.29) is 12.5 Å². The molecule has 0 radical (unpaired) electrons. The van der Waals surface area contributed by atoms with Gasteiger partial charge < -0.3 is 31.3 Å². The van der Waals surface area contributed by atoms with Gasteiger partial charge in [-0.2, -0.15) is 0 Å². The molecule has 3 aromatic rings. The van der Waals surface area contributed by atoms with Gasteiger partial charge in [-0.3, -0.25) is 4.79 Å². The fraction of sp³-hybridized carbons (Fsp3) is 0.290. The number of nitrogens with two attached hydrogens (primary N) is 1. The highest BCUT2D eigenvalue weighted by molar-refractivity contribution is 5.91. The van der Waals surface area contributed by atoms with Gasteiger partial charge in [0.2, 0.25) is 5.91 Å². The molecule has 0 aromatic heterocycles. The van der Waals surface area contributed by atoms with Crippen molar-refractivity contribution < 1.29 is 23.9 Å². The van der Waals surface area contributed by atoms with Crippen LogP contribution in [0.2, 0.25) is 0 Å². The topological polar surface area (TPSA) is 144 Å². The molecule has 1 unspecified atom stereocenters. The lowest BCUT2D eigenvalue weighted by atomic mass is 9.86. The van der Waals surface area contributed by atoms with Crippen LogP contribution in [0, 0.1) is 5.41 Å². The third-order valence-electron chi connectivity index (χ3n) is 6.78. The van der Waals surface area contributed by atoms with Crippen LogP contribution in [0.4, 0.5) is 9.59 Å². The molecular weight excluding hydrogens is 508 g/mol. The molecule has 0 saturated heterocycles. The highest BCUT2D eigenvalue weighted by Crippen LogP contribution is 2.33. The molecule has 0 spiro atoms. The first-order valence-electron chi connectivity index (χ1n) is 13.0. The van der Waals surface area contributed by atoms with Gasteiger partial charge in [-0.15, -0.1) is 0 Å². The molecule has 1 atom stereocenters. The average molecular weight is 543 g/mol. The largest absolute Gasteiger partial charge is 0.444 e. The van der Waals surface area contributed by atoms with Crippen LogP contribution in [-0.4, -0.2) is 35.4 Å². The minimum atomic E-state index is -1.49. The van der Waals surface area contributed by atoms with Crippen molar-refractivity contribution >= 4 is 24.3 Å². The zero-order chi connectivity index (χ0) is 29.0. The molecule has 3 amide bonds. The molecule has 0 heterocycles. The first kappa shape index (κ1) is 28.4. The van der Waals surface area contributed by atoms with Gasteiger partial charge in [-0.25, -0.2) is 9.59 Å². The van der Waals surface area contributed by atoms with Crippen molar-refractivity contribution in [1.29, 1.82) is 5.41 Å². The highest BCUT2D eigenvalue weighted by Gasteiger charge is 2.46. The summed E-state index contributed by atoms with van der Waals surface area (Å²) in [5.41, 5.74) is 5.82. The minimum absolute atomic E-state index is 0.187. The number of benzene rings is 3. The monoisotopic (exact) mass is 542 g/mol. The number of carbonyl (C=O) groups excluding carboxylic acids is 3. The summed E-state index contributed by atoms with van der Waals surface area (Å²) in [7, 11) is 0. The Morgan fingerprint density at radius 2 is 1.43 bits per heavy atom. The second-order valence-corrected chi connectivity index (χ2v) is 10.9. The SMILES string of the molecule is CC(C)(C)OC(=O)NC1(C(=O)NCc2ccc(C(C=N)(OC(N)=O)c3ccccc3)cc2)Cc2ccccc2C1. The van der Waals surface area contributed by atoms with E-state index in [1.54, 1.807) is 69.3 Å². The molecule has 0 bridgehead atoms. The van der Waals surface area contributed by atoms with Gasteiger partial charge in [-0.05, 0) is 37.5 Å². The summed E-state index contributed by atoms with van der Waals surface area (Å²) in [5.74, 6) is -0.325. The first-order valence-corrected chi connectivity index (χ1v) is 13.0. The Hall–Kier alpha value is -4.66. The van der Waals surface area contributed by atoms with Crippen molar-refractivity contribution in [3.05, 3.63) is 107 Å². The summed E-state index contributed by atoms with van der Waals surface area (Å²) >= 11 is 0. The Balaban J connectivity index is 1.53. The predicted molar refractivity (Wildman–Crippen MR) is 151 cm³/mol. The molecule has 40 heavy (non-hydrogen) atoms. The van der Waals surface area contributed by atoms with Gasteiger partial charge in [-0.1, -0.05) is 78.9 Å². The number of alkyl carbamates (subject to hydrolysis) is 1. The normalized spacial score (nSPS) is 15.2. The summed E-state index contributed by atoms with van der Waals surface area (Å²) < 4.78 is 10.9. The summed E-state index contributed by atoms with van der Waals surface area (Å²) in [6.45, 7) is 5.50. The van der Waals surface area contributed by atoms with Crippen molar-refractivity contribution in [1.82, 2.24) is 10.6 Å². The molecular formula is C31H34N4O5. The fourth-order valence-electron chi connectivity index (χ4n) is 4.97. The zero-order valence-electron chi connectivity index (χ0n) is 22.8. The Kier molecular flexibility index (Phi) is 7.95. The van der Waals surface area contributed by atoms with Gasteiger partial charge in [0.05, 0.1) is 0 Å². The molecule has 4 rings (SSSR count). The maximum absolute atomic E-state index is 13.6. The number of hydrogen-bond acceptors (Lipinski definition) is 6. The maximum Gasteiger partial charge on any atom is 0.408 e. The number of ether oxygens (including phenoxy) is 2. The zero-order valence-corrected chi connectivity index (χ0v) is 22.8.